The summed E-state index contributed by atoms with van der Waals surface area (Å²) in [6.45, 7) is 5.57. The molecule has 1 aliphatic heterocycles. The Labute approximate surface area is 198 Å². The van der Waals surface area contributed by atoms with Crippen molar-refractivity contribution in [1.29, 1.82) is 0 Å². The third kappa shape index (κ3) is 6.42. The maximum atomic E-state index is 12.6. The van der Waals surface area contributed by atoms with Gasteiger partial charge in [-0.05, 0) is 42.1 Å². The van der Waals surface area contributed by atoms with Crippen LogP contribution in [0.3, 0.4) is 0 Å². The van der Waals surface area contributed by atoms with Crippen molar-refractivity contribution in [2.75, 3.05) is 33.2 Å². The van der Waals surface area contributed by atoms with Gasteiger partial charge in [0.15, 0.2) is 0 Å². The molecule has 5 N–H and O–H groups in total. The molecule has 2 aromatic carbocycles. The zero-order chi connectivity index (χ0) is 23.3. The van der Waals surface area contributed by atoms with Crippen LogP contribution in [-0.2, 0) is 17.8 Å². The maximum absolute atomic E-state index is 12.6. The first-order chi connectivity index (χ1) is 15.9. The van der Waals surface area contributed by atoms with Gasteiger partial charge < -0.3 is 21.7 Å². The van der Waals surface area contributed by atoms with Gasteiger partial charge in [-0.25, -0.2) is 0 Å². The smallest absolute Gasteiger partial charge is 0.241 e. The monoisotopic (exact) mass is 449 g/mol. The van der Waals surface area contributed by atoms with E-state index in [-0.39, 0.29) is 5.91 Å². The zero-order valence-corrected chi connectivity index (χ0v) is 19.9. The summed E-state index contributed by atoms with van der Waals surface area (Å²) in [4.78, 5) is 17.5. The topological polar surface area (TPSA) is 87.6 Å². The van der Waals surface area contributed by atoms with E-state index >= 15 is 0 Å². The predicted molar refractivity (Wildman–Crippen MR) is 134 cm³/mol. The summed E-state index contributed by atoms with van der Waals surface area (Å²) in [7, 11) is 2.19. The molecular formula is C27H39N5O. The Balaban J connectivity index is 1.29. The molecular weight excluding hydrogens is 410 g/mol. The quantitative estimate of drug-likeness (QED) is 0.566. The summed E-state index contributed by atoms with van der Waals surface area (Å²) in [5, 5.41) is 2.93. The first-order valence-electron chi connectivity index (χ1n) is 12.4. The lowest BCUT2D eigenvalue weighted by atomic mass is 9.82. The molecule has 1 saturated heterocycles. The lowest BCUT2D eigenvalue weighted by Gasteiger charge is -2.33. The van der Waals surface area contributed by atoms with Crippen molar-refractivity contribution in [3.63, 3.8) is 0 Å². The van der Waals surface area contributed by atoms with Crippen molar-refractivity contribution in [2.45, 2.75) is 56.8 Å². The number of nitrogens with two attached hydrogens (primary N) is 2. The highest BCUT2D eigenvalue weighted by atomic mass is 16.2. The second-order valence-corrected chi connectivity index (χ2v) is 9.97. The number of carbonyl (C=O) groups excluding carboxylic acids is 1. The Kier molecular flexibility index (Phi) is 7.81. The van der Waals surface area contributed by atoms with Gasteiger partial charge in [0.05, 0.1) is 11.7 Å². The minimum atomic E-state index is -0.754. The normalized spacial score (nSPS) is 20.3. The second kappa shape index (κ2) is 10.8. The highest BCUT2D eigenvalue weighted by Crippen LogP contribution is 2.26. The summed E-state index contributed by atoms with van der Waals surface area (Å²) >= 11 is 0. The van der Waals surface area contributed by atoms with E-state index in [1.54, 1.807) is 0 Å². The van der Waals surface area contributed by atoms with Gasteiger partial charge in [-0.1, -0.05) is 67.8 Å². The average Bonchev–Trinajstić information content (AvgIpc) is 2.82. The van der Waals surface area contributed by atoms with Gasteiger partial charge >= 0.3 is 0 Å². The highest BCUT2D eigenvalue weighted by molar-refractivity contribution is 5.86. The van der Waals surface area contributed by atoms with E-state index in [9.17, 15) is 4.79 Å². The van der Waals surface area contributed by atoms with Gasteiger partial charge in [-0.3, -0.25) is 9.69 Å². The first-order valence-corrected chi connectivity index (χ1v) is 12.4. The number of nitrogens with one attached hydrogen (secondary N) is 1. The molecule has 178 valence electrons. The number of nitrogens with zero attached hydrogens (tertiary/aromatic N) is 2. The molecule has 1 heterocycles. The summed E-state index contributed by atoms with van der Waals surface area (Å²) in [5.74, 6) is -0.108. The van der Waals surface area contributed by atoms with E-state index in [1.807, 2.05) is 0 Å². The van der Waals surface area contributed by atoms with E-state index in [2.05, 4.69) is 70.7 Å². The van der Waals surface area contributed by atoms with Crippen LogP contribution in [0, 0.1) is 0 Å². The Morgan fingerprint density at radius 2 is 1.45 bits per heavy atom. The van der Waals surface area contributed by atoms with Crippen LogP contribution in [0.2, 0.25) is 0 Å². The Hall–Kier alpha value is -2.25. The minimum absolute atomic E-state index is 0.108. The van der Waals surface area contributed by atoms with Crippen molar-refractivity contribution in [3.8, 4) is 11.1 Å². The number of rotatable bonds is 7. The van der Waals surface area contributed by atoms with Crippen LogP contribution in [0.25, 0.3) is 11.1 Å². The van der Waals surface area contributed by atoms with Gasteiger partial charge in [-0.15, -0.1) is 0 Å². The van der Waals surface area contributed by atoms with E-state index in [1.165, 1.54) is 16.7 Å². The molecule has 1 unspecified atom stereocenters. The van der Waals surface area contributed by atoms with Gasteiger partial charge in [0.2, 0.25) is 5.91 Å². The number of piperazine rings is 1. The van der Waals surface area contributed by atoms with Crippen molar-refractivity contribution in [1.82, 2.24) is 15.1 Å². The summed E-state index contributed by atoms with van der Waals surface area (Å²) in [5.41, 5.74) is 16.7. The van der Waals surface area contributed by atoms with Crippen LogP contribution in [-0.4, -0.2) is 60.6 Å². The molecule has 0 spiro atoms. The van der Waals surface area contributed by atoms with Crippen molar-refractivity contribution < 1.29 is 4.79 Å². The maximum Gasteiger partial charge on any atom is 0.241 e. The fraction of sp³-hybridized carbons (Fsp3) is 0.519. The Morgan fingerprint density at radius 3 is 2.03 bits per heavy atom. The van der Waals surface area contributed by atoms with Gasteiger partial charge in [0.1, 0.15) is 0 Å². The van der Waals surface area contributed by atoms with Crippen LogP contribution in [0.1, 0.15) is 43.2 Å². The molecule has 2 fully saturated rings. The standard InChI is InChI=1S/C27H39N5O/c1-31-15-17-32(18-16-31)20-22-7-11-24(12-8-22)23-9-5-21(6-10-23)19-25(28)30-26(33)27(29)13-3-2-4-14-27/h5-12,25H,2-4,13-20,28-29H2,1H3,(H,30,33). The highest BCUT2D eigenvalue weighted by Gasteiger charge is 2.35. The number of amides is 1. The van der Waals surface area contributed by atoms with Gasteiger partial charge in [0.25, 0.3) is 0 Å². The molecule has 2 aliphatic rings. The van der Waals surface area contributed by atoms with Gasteiger partial charge in [-0.2, -0.15) is 0 Å². The fourth-order valence-electron chi connectivity index (χ4n) is 4.93. The van der Waals surface area contributed by atoms with Crippen molar-refractivity contribution in [2.24, 2.45) is 11.5 Å². The zero-order valence-electron chi connectivity index (χ0n) is 19.9. The van der Waals surface area contributed by atoms with E-state index in [4.69, 9.17) is 11.5 Å². The molecule has 33 heavy (non-hydrogen) atoms. The lowest BCUT2D eigenvalue weighted by molar-refractivity contribution is -0.128. The first kappa shape index (κ1) is 23.9. The number of hydrogen-bond donors (Lipinski definition) is 3. The average molecular weight is 450 g/mol. The van der Waals surface area contributed by atoms with E-state index in [0.717, 1.165) is 70.4 Å². The Bertz CT molecular complexity index is 897. The summed E-state index contributed by atoms with van der Waals surface area (Å²) in [6, 6.07) is 17.3. The predicted octanol–water partition coefficient (Wildman–Crippen LogP) is 2.71. The summed E-state index contributed by atoms with van der Waals surface area (Å²) in [6.07, 6.45) is 4.83. The van der Waals surface area contributed by atoms with Crippen LogP contribution < -0.4 is 16.8 Å². The van der Waals surface area contributed by atoms with E-state index in [0.29, 0.717) is 6.42 Å². The van der Waals surface area contributed by atoms with Crippen LogP contribution in [0.5, 0.6) is 0 Å². The minimum Gasteiger partial charge on any atom is -0.339 e. The molecule has 0 bridgehead atoms. The number of hydrogen-bond acceptors (Lipinski definition) is 5. The molecule has 1 saturated carbocycles. The number of carbonyl (C=O) groups is 1. The molecule has 1 atom stereocenters. The van der Waals surface area contributed by atoms with E-state index < -0.39 is 11.7 Å². The SMILES string of the molecule is CN1CCN(Cc2ccc(-c3ccc(CC(N)NC(=O)C4(N)CCCCC4)cc3)cc2)CC1. The molecule has 4 rings (SSSR count). The van der Waals surface area contributed by atoms with Gasteiger partial charge in [0, 0.05) is 39.1 Å². The lowest BCUT2D eigenvalue weighted by Crippen LogP contribution is -2.59. The fourth-order valence-corrected chi connectivity index (χ4v) is 4.93. The Morgan fingerprint density at radius 1 is 0.909 bits per heavy atom. The number of likely N-dealkylation sites (N-methyl/N-ethyl adjacent to an activating group) is 1. The van der Waals surface area contributed by atoms with Crippen molar-refractivity contribution in [3.05, 3.63) is 59.7 Å². The van der Waals surface area contributed by atoms with Crippen molar-refractivity contribution >= 4 is 5.91 Å². The molecule has 6 nitrogen and oxygen atoms in total. The molecule has 1 amide bonds. The van der Waals surface area contributed by atoms with Crippen LogP contribution >= 0.6 is 0 Å². The molecule has 1 aliphatic carbocycles. The second-order valence-electron chi connectivity index (χ2n) is 9.97. The summed E-state index contributed by atoms with van der Waals surface area (Å²) < 4.78 is 0. The molecule has 0 aromatic heterocycles. The molecule has 6 heteroatoms. The molecule has 0 radical (unpaired) electrons. The largest absolute Gasteiger partial charge is 0.339 e. The van der Waals surface area contributed by atoms with Crippen LogP contribution in [0.15, 0.2) is 48.5 Å². The number of benzene rings is 2. The third-order valence-corrected chi connectivity index (χ3v) is 7.21. The molecule has 2 aromatic rings. The van der Waals surface area contributed by atoms with Crippen LogP contribution in [0.4, 0.5) is 0 Å². The third-order valence-electron chi connectivity index (χ3n) is 7.21.